The summed E-state index contributed by atoms with van der Waals surface area (Å²) in [5, 5.41) is 9.52. The van der Waals surface area contributed by atoms with Crippen LogP contribution >= 0.6 is 15.9 Å². The molecule has 0 aliphatic heterocycles. The molecule has 2 aromatic rings. The van der Waals surface area contributed by atoms with E-state index in [2.05, 4.69) is 15.9 Å². The Balaban J connectivity index is 2.18. The van der Waals surface area contributed by atoms with Crippen molar-refractivity contribution in [3.05, 3.63) is 71.8 Å². The molecule has 2 nitrogen and oxygen atoms in total. The van der Waals surface area contributed by atoms with Crippen molar-refractivity contribution in [2.24, 2.45) is 0 Å². The van der Waals surface area contributed by atoms with E-state index in [-0.39, 0.29) is 0 Å². The quantitative estimate of drug-likeness (QED) is 0.878. The number of carboxylic acid groups (broad SMARTS) is 1. The van der Waals surface area contributed by atoms with E-state index in [1.165, 1.54) is 0 Å². The predicted molar refractivity (Wildman–Crippen MR) is 77.6 cm³/mol. The molecule has 3 heteroatoms. The van der Waals surface area contributed by atoms with Gasteiger partial charge in [-0.25, -0.2) is 0 Å². The van der Waals surface area contributed by atoms with Crippen LogP contribution in [0.4, 0.5) is 0 Å². The van der Waals surface area contributed by atoms with Crippen molar-refractivity contribution >= 4 is 21.9 Å². The fraction of sp³-hybridized carbons (Fsp3) is 0.188. The highest BCUT2D eigenvalue weighted by Crippen LogP contribution is 2.66. The molecular formula is C16H13BrO2. The molecule has 0 radical (unpaired) electrons. The van der Waals surface area contributed by atoms with Gasteiger partial charge in [0.05, 0.1) is 0 Å². The van der Waals surface area contributed by atoms with Crippen molar-refractivity contribution in [2.75, 3.05) is 0 Å². The minimum Gasteiger partial charge on any atom is -0.480 e. The maximum atomic E-state index is 11.6. The number of carboxylic acids is 1. The molecular weight excluding hydrogens is 304 g/mol. The number of rotatable bonds is 3. The molecule has 1 aliphatic rings. The van der Waals surface area contributed by atoms with Gasteiger partial charge < -0.3 is 5.11 Å². The van der Waals surface area contributed by atoms with Gasteiger partial charge in [-0.15, -0.1) is 0 Å². The Morgan fingerprint density at radius 1 is 0.947 bits per heavy atom. The van der Waals surface area contributed by atoms with Crippen LogP contribution in [0.2, 0.25) is 0 Å². The number of hydrogen-bond donors (Lipinski definition) is 1. The third kappa shape index (κ3) is 1.65. The van der Waals surface area contributed by atoms with Crippen molar-refractivity contribution in [1.29, 1.82) is 0 Å². The number of halogens is 1. The predicted octanol–water partition coefficient (Wildman–Crippen LogP) is 3.59. The number of benzene rings is 2. The standard InChI is InChI=1S/C16H13BrO2/c17-16(14(18)19)11-15(16,12-7-3-1-4-8-12)13-9-5-2-6-10-13/h1-10H,11H2,(H,18,19). The highest BCUT2D eigenvalue weighted by molar-refractivity contribution is 9.10. The number of alkyl halides is 1. The van der Waals surface area contributed by atoms with E-state index in [1.54, 1.807) is 0 Å². The molecule has 1 N–H and O–H groups in total. The topological polar surface area (TPSA) is 37.3 Å². The van der Waals surface area contributed by atoms with Crippen LogP contribution in [0.15, 0.2) is 60.7 Å². The van der Waals surface area contributed by atoms with Gasteiger partial charge in [-0.1, -0.05) is 76.6 Å². The van der Waals surface area contributed by atoms with E-state index in [1.807, 2.05) is 60.7 Å². The summed E-state index contributed by atoms with van der Waals surface area (Å²) in [5.74, 6) is -0.805. The van der Waals surface area contributed by atoms with Crippen molar-refractivity contribution in [1.82, 2.24) is 0 Å². The summed E-state index contributed by atoms with van der Waals surface area (Å²) in [7, 11) is 0. The second-order valence-electron chi connectivity index (χ2n) is 4.92. The van der Waals surface area contributed by atoms with Crippen LogP contribution in [0.1, 0.15) is 17.5 Å². The fourth-order valence-corrected chi connectivity index (χ4v) is 3.73. The minimum atomic E-state index is -0.900. The first kappa shape index (κ1) is 12.4. The second-order valence-corrected chi connectivity index (χ2v) is 6.27. The Morgan fingerprint density at radius 3 is 1.68 bits per heavy atom. The van der Waals surface area contributed by atoms with Gasteiger partial charge in [-0.05, 0) is 17.5 Å². The average molecular weight is 317 g/mol. The number of hydrogen-bond acceptors (Lipinski definition) is 1. The molecule has 0 bridgehead atoms. The molecule has 1 atom stereocenters. The summed E-state index contributed by atoms with van der Waals surface area (Å²) in [4.78, 5) is 11.6. The number of carbonyl (C=O) groups is 1. The minimum absolute atomic E-state index is 0.471. The third-order valence-corrected chi connectivity index (χ3v) is 5.23. The monoisotopic (exact) mass is 316 g/mol. The summed E-state index contributed by atoms with van der Waals surface area (Å²) in [6, 6.07) is 19.7. The van der Waals surface area contributed by atoms with E-state index in [0.29, 0.717) is 6.42 Å². The smallest absolute Gasteiger partial charge is 0.321 e. The molecule has 0 spiro atoms. The average Bonchev–Trinajstić information content (AvgIpc) is 3.10. The van der Waals surface area contributed by atoms with E-state index >= 15 is 0 Å². The molecule has 2 aromatic carbocycles. The lowest BCUT2D eigenvalue weighted by molar-refractivity contribution is -0.137. The molecule has 1 saturated carbocycles. The summed E-state index contributed by atoms with van der Waals surface area (Å²) in [6.45, 7) is 0. The fourth-order valence-electron chi connectivity index (χ4n) is 2.85. The Kier molecular flexibility index (Phi) is 2.75. The van der Waals surface area contributed by atoms with Crippen LogP contribution < -0.4 is 0 Å². The highest BCUT2D eigenvalue weighted by atomic mass is 79.9. The second kappa shape index (κ2) is 4.20. The van der Waals surface area contributed by atoms with E-state index in [0.717, 1.165) is 11.1 Å². The van der Waals surface area contributed by atoms with Crippen molar-refractivity contribution in [3.8, 4) is 0 Å². The maximum absolute atomic E-state index is 11.6. The van der Waals surface area contributed by atoms with Crippen molar-refractivity contribution in [3.63, 3.8) is 0 Å². The van der Waals surface area contributed by atoms with Crippen LogP contribution in [-0.2, 0) is 10.2 Å². The molecule has 1 aliphatic carbocycles. The molecule has 19 heavy (non-hydrogen) atoms. The van der Waals surface area contributed by atoms with Gasteiger partial charge in [0.25, 0.3) is 0 Å². The van der Waals surface area contributed by atoms with Gasteiger partial charge in [0.2, 0.25) is 0 Å². The molecule has 1 unspecified atom stereocenters. The zero-order chi connectivity index (χ0) is 13.5. The molecule has 0 amide bonds. The zero-order valence-electron chi connectivity index (χ0n) is 10.2. The Labute approximate surface area is 120 Å². The first-order valence-corrected chi connectivity index (χ1v) is 6.94. The molecule has 0 heterocycles. The van der Waals surface area contributed by atoms with Crippen LogP contribution in [0.25, 0.3) is 0 Å². The largest absolute Gasteiger partial charge is 0.480 e. The van der Waals surface area contributed by atoms with Crippen LogP contribution in [0.3, 0.4) is 0 Å². The Morgan fingerprint density at radius 2 is 1.37 bits per heavy atom. The summed E-state index contributed by atoms with van der Waals surface area (Å²) < 4.78 is -0.900. The Hall–Kier alpha value is -1.61. The highest BCUT2D eigenvalue weighted by Gasteiger charge is 2.72. The number of aliphatic carboxylic acids is 1. The van der Waals surface area contributed by atoms with Gasteiger partial charge in [-0.2, -0.15) is 0 Å². The lowest BCUT2D eigenvalue weighted by atomic mass is 9.85. The van der Waals surface area contributed by atoms with Gasteiger partial charge >= 0.3 is 5.97 Å². The molecule has 3 rings (SSSR count). The maximum Gasteiger partial charge on any atom is 0.321 e. The Bertz CT molecular complexity index is 570. The summed E-state index contributed by atoms with van der Waals surface area (Å²) in [5.41, 5.74) is 1.61. The van der Waals surface area contributed by atoms with E-state index in [4.69, 9.17) is 0 Å². The summed E-state index contributed by atoms with van der Waals surface area (Å²) in [6.07, 6.45) is 0.573. The lowest BCUT2D eigenvalue weighted by Gasteiger charge is -2.20. The summed E-state index contributed by atoms with van der Waals surface area (Å²) >= 11 is 3.45. The molecule has 0 saturated heterocycles. The van der Waals surface area contributed by atoms with E-state index in [9.17, 15) is 9.90 Å². The molecule has 96 valence electrons. The lowest BCUT2D eigenvalue weighted by Crippen LogP contribution is -2.27. The van der Waals surface area contributed by atoms with Crippen LogP contribution in [0, 0.1) is 0 Å². The van der Waals surface area contributed by atoms with Crippen LogP contribution in [-0.4, -0.2) is 15.4 Å². The molecule has 1 fully saturated rings. The van der Waals surface area contributed by atoms with E-state index < -0.39 is 15.7 Å². The van der Waals surface area contributed by atoms with Crippen molar-refractivity contribution < 1.29 is 9.90 Å². The SMILES string of the molecule is O=C(O)C1(Br)CC1(c1ccccc1)c1ccccc1. The van der Waals surface area contributed by atoms with Gasteiger partial charge in [0.15, 0.2) is 0 Å². The molecule has 0 aromatic heterocycles. The van der Waals surface area contributed by atoms with Gasteiger partial charge in [-0.3, -0.25) is 4.79 Å². The first-order valence-electron chi connectivity index (χ1n) is 6.15. The first-order chi connectivity index (χ1) is 9.11. The van der Waals surface area contributed by atoms with Crippen molar-refractivity contribution in [2.45, 2.75) is 16.2 Å². The normalized spacial score (nSPS) is 23.8. The third-order valence-electron chi connectivity index (χ3n) is 3.93. The zero-order valence-corrected chi connectivity index (χ0v) is 11.8. The van der Waals surface area contributed by atoms with Gasteiger partial charge in [0, 0.05) is 5.41 Å². The van der Waals surface area contributed by atoms with Gasteiger partial charge in [0.1, 0.15) is 4.32 Å². The van der Waals surface area contributed by atoms with Crippen LogP contribution in [0.5, 0.6) is 0 Å².